The van der Waals surface area contributed by atoms with Gasteiger partial charge in [-0.3, -0.25) is 4.79 Å². The molecular weight excluding hydrogens is 315 g/mol. The average molecular weight is 331 g/mol. The van der Waals surface area contributed by atoms with Crippen LogP contribution in [0.1, 0.15) is 5.01 Å². The number of benzene rings is 1. The van der Waals surface area contributed by atoms with E-state index in [9.17, 15) is 18.0 Å². The van der Waals surface area contributed by atoms with Crippen molar-refractivity contribution in [3.63, 3.8) is 0 Å². The highest BCUT2D eigenvalue weighted by atomic mass is 32.1. The molecule has 1 heterocycles. The van der Waals surface area contributed by atoms with Crippen molar-refractivity contribution in [2.24, 2.45) is 0 Å². The molecular formula is C14H16F3N3OS. The van der Waals surface area contributed by atoms with Crippen molar-refractivity contribution in [1.82, 2.24) is 9.88 Å². The van der Waals surface area contributed by atoms with Crippen molar-refractivity contribution in [3.05, 3.63) is 23.2 Å². The number of aryl methyl sites for hydroxylation is 1. The Morgan fingerprint density at radius 3 is 2.64 bits per heavy atom. The van der Waals surface area contributed by atoms with Crippen molar-refractivity contribution < 1.29 is 18.0 Å². The highest BCUT2D eigenvalue weighted by molar-refractivity contribution is 7.18. The third-order valence-corrected chi connectivity index (χ3v) is 4.07. The Morgan fingerprint density at radius 2 is 2.00 bits per heavy atom. The molecule has 1 amide bonds. The SMILES string of the molecule is Cc1nc2ccc(N(C)CC(=O)N(C)CC(F)(F)F)cc2s1. The van der Waals surface area contributed by atoms with Crippen LogP contribution in [0.25, 0.3) is 10.2 Å². The van der Waals surface area contributed by atoms with Crippen LogP contribution in [0.15, 0.2) is 18.2 Å². The van der Waals surface area contributed by atoms with Gasteiger partial charge in [-0.15, -0.1) is 11.3 Å². The molecule has 2 rings (SSSR count). The van der Waals surface area contributed by atoms with Gasteiger partial charge in [0, 0.05) is 19.8 Å². The van der Waals surface area contributed by atoms with Gasteiger partial charge in [0.1, 0.15) is 6.54 Å². The molecule has 0 aliphatic carbocycles. The van der Waals surface area contributed by atoms with E-state index in [0.29, 0.717) is 4.90 Å². The zero-order chi connectivity index (χ0) is 16.5. The number of fused-ring (bicyclic) bond motifs is 1. The highest BCUT2D eigenvalue weighted by Crippen LogP contribution is 2.26. The summed E-state index contributed by atoms with van der Waals surface area (Å²) in [5, 5.41) is 0.941. The molecule has 1 aromatic heterocycles. The Hall–Kier alpha value is -1.83. The van der Waals surface area contributed by atoms with Crippen LogP contribution in [0.5, 0.6) is 0 Å². The van der Waals surface area contributed by atoms with Crippen LogP contribution in [0.2, 0.25) is 0 Å². The Labute approximate surface area is 130 Å². The molecule has 120 valence electrons. The summed E-state index contributed by atoms with van der Waals surface area (Å²) in [4.78, 5) is 18.5. The predicted molar refractivity (Wildman–Crippen MR) is 81.3 cm³/mol. The van der Waals surface area contributed by atoms with Crippen LogP contribution >= 0.6 is 11.3 Å². The van der Waals surface area contributed by atoms with Gasteiger partial charge in [0.25, 0.3) is 0 Å². The van der Waals surface area contributed by atoms with Gasteiger partial charge >= 0.3 is 6.18 Å². The molecule has 0 N–H and O–H groups in total. The number of rotatable bonds is 4. The van der Waals surface area contributed by atoms with Crippen LogP contribution in [0.3, 0.4) is 0 Å². The summed E-state index contributed by atoms with van der Waals surface area (Å²) in [6.45, 7) is 0.548. The largest absolute Gasteiger partial charge is 0.406 e. The molecule has 0 fully saturated rings. The Kier molecular flexibility index (Phi) is 4.60. The minimum Gasteiger partial charge on any atom is -0.365 e. The van der Waals surface area contributed by atoms with E-state index in [1.54, 1.807) is 18.0 Å². The number of amides is 1. The number of hydrogen-bond acceptors (Lipinski definition) is 4. The van der Waals surface area contributed by atoms with E-state index in [2.05, 4.69) is 4.98 Å². The van der Waals surface area contributed by atoms with E-state index in [0.717, 1.165) is 28.0 Å². The molecule has 0 aliphatic rings. The summed E-state index contributed by atoms with van der Waals surface area (Å²) in [6.07, 6.45) is -4.39. The Morgan fingerprint density at radius 1 is 1.32 bits per heavy atom. The predicted octanol–water partition coefficient (Wildman–Crippen LogP) is 3.06. The van der Waals surface area contributed by atoms with Gasteiger partial charge in [-0.25, -0.2) is 4.98 Å². The van der Waals surface area contributed by atoms with Gasteiger partial charge in [0.05, 0.1) is 21.8 Å². The lowest BCUT2D eigenvalue weighted by Gasteiger charge is -2.24. The monoisotopic (exact) mass is 331 g/mol. The first kappa shape index (κ1) is 16.5. The summed E-state index contributed by atoms with van der Waals surface area (Å²) in [5.74, 6) is -0.583. The lowest BCUT2D eigenvalue weighted by atomic mass is 10.2. The summed E-state index contributed by atoms with van der Waals surface area (Å²) in [5.41, 5.74) is 1.64. The maximum atomic E-state index is 12.3. The fraction of sp³-hybridized carbons (Fsp3) is 0.429. The fourth-order valence-electron chi connectivity index (χ4n) is 2.04. The van der Waals surface area contributed by atoms with Gasteiger partial charge in [-0.2, -0.15) is 13.2 Å². The second-order valence-electron chi connectivity index (χ2n) is 5.11. The number of alkyl halides is 3. The molecule has 4 nitrogen and oxygen atoms in total. The molecule has 0 aliphatic heterocycles. The molecule has 0 bridgehead atoms. The Balaban J connectivity index is 2.06. The summed E-state index contributed by atoms with van der Waals surface area (Å²) < 4.78 is 37.9. The van der Waals surface area contributed by atoms with E-state index in [1.807, 2.05) is 19.1 Å². The first-order valence-electron chi connectivity index (χ1n) is 6.55. The number of likely N-dealkylation sites (N-methyl/N-ethyl adjacent to an activating group) is 2. The van der Waals surface area contributed by atoms with Crippen molar-refractivity contribution in [2.45, 2.75) is 13.1 Å². The zero-order valence-electron chi connectivity index (χ0n) is 12.4. The molecule has 0 atom stereocenters. The van der Waals surface area contributed by atoms with Crippen molar-refractivity contribution in [1.29, 1.82) is 0 Å². The average Bonchev–Trinajstić information content (AvgIpc) is 2.75. The maximum absolute atomic E-state index is 12.3. The van der Waals surface area contributed by atoms with E-state index in [1.165, 1.54) is 11.3 Å². The first-order valence-corrected chi connectivity index (χ1v) is 7.36. The number of carbonyl (C=O) groups is 1. The van der Waals surface area contributed by atoms with E-state index in [4.69, 9.17) is 0 Å². The third-order valence-electron chi connectivity index (χ3n) is 3.13. The molecule has 0 unspecified atom stereocenters. The molecule has 0 spiro atoms. The highest BCUT2D eigenvalue weighted by Gasteiger charge is 2.31. The molecule has 0 radical (unpaired) electrons. The number of anilines is 1. The van der Waals surface area contributed by atoms with Gasteiger partial charge in [-0.1, -0.05) is 0 Å². The third kappa shape index (κ3) is 4.09. The van der Waals surface area contributed by atoms with Crippen molar-refractivity contribution in [3.8, 4) is 0 Å². The number of carbonyl (C=O) groups excluding carboxylic acids is 1. The topological polar surface area (TPSA) is 36.4 Å². The fourth-order valence-corrected chi connectivity index (χ4v) is 2.90. The number of halogens is 3. The van der Waals surface area contributed by atoms with Gasteiger partial charge in [0.2, 0.25) is 5.91 Å². The van der Waals surface area contributed by atoms with Crippen LogP contribution < -0.4 is 4.90 Å². The molecule has 1 aromatic carbocycles. The minimum atomic E-state index is -4.39. The molecule has 0 saturated heterocycles. The quantitative estimate of drug-likeness (QED) is 0.864. The van der Waals surface area contributed by atoms with E-state index < -0.39 is 18.6 Å². The summed E-state index contributed by atoms with van der Waals surface area (Å²) >= 11 is 1.53. The van der Waals surface area contributed by atoms with Crippen molar-refractivity contribution in [2.75, 3.05) is 32.1 Å². The van der Waals surface area contributed by atoms with Crippen molar-refractivity contribution >= 4 is 33.1 Å². The van der Waals surface area contributed by atoms with Gasteiger partial charge < -0.3 is 9.80 Å². The number of thiazole rings is 1. The van der Waals surface area contributed by atoms with E-state index >= 15 is 0 Å². The number of aromatic nitrogens is 1. The molecule has 22 heavy (non-hydrogen) atoms. The van der Waals surface area contributed by atoms with E-state index in [-0.39, 0.29) is 6.54 Å². The van der Waals surface area contributed by atoms with Crippen LogP contribution in [0.4, 0.5) is 18.9 Å². The number of hydrogen-bond donors (Lipinski definition) is 0. The minimum absolute atomic E-state index is 0.115. The standard InChI is InChI=1S/C14H16F3N3OS/c1-9-18-11-5-4-10(6-12(11)22-9)19(2)7-13(21)20(3)8-14(15,16)17/h4-6H,7-8H2,1-3H3. The number of nitrogens with zero attached hydrogens (tertiary/aromatic N) is 3. The summed E-state index contributed by atoms with van der Waals surface area (Å²) in [7, 11) is 2.83. The molecule has 2 aromatic rings. The van der Waals surface area contributed by atoms with Crippen LogP contribution in [-0.2, 0) is 4.79 Å². The molecule has 8 heteroatoms. The maximum Gasteiger partial charge on any atom is 0.406 e. The Bertz CT molecular complexity index is 684. The lowest BCUT2D eigenvalue weighted by Crippen LogP contribution is -2.41. The van der Waals surface area contributed by atoms with Crippen LogP contribution in [0, 0.1) is 6.92 Å². The smallest absolute Gasteiger partial charge is 0.365 e. The second-order valence-corrected chi connectivity index (χ2v) is 6.34. The van der Waals surface area contributed by atoms with Gasteiger partial charge in [0.15, 0.2) is 0 Å². The summed E-state index contributed by atoms with van der Waals surface area (Å²) in [6, 6.07) is 5.53. The lowest BCUT2D eigenvalue weighted by molar-refractivity contribution is -0.157. The normalized spacial score (nSPS) is 11.7. The first-order chi connectivity index (χ1) is 10.2. The second kappa shape index (κ2) is 6.12. The molecule has 0 saturated carbocycles. The van der Waals surface area contributed by atoms with Crippen LogP contribution in [-0.4, -0.2) is 49.2 Å². The zero-order valence-corrected chi connectivity index (χ0v) is 13.3. The van der Waals surface area contributed by atoms with Gasteiger partial charge in [-0.05, 0) is 25.1 Å².